The van der Waals surface area contributed by atoms with Gasteiger partial charge >= 0.3 is 0 Å². The number of aryl methyl sites for hydroxylation is 1. The lowest BCUT2D eigenvalue weighted by molar-refractivity contribution is 0.406. The fourth-order valence-corrected chi connectivity index (χ4v) is 1.68. The Hall–Kier alpha value is -2.44. The summed E-state index contributed by atoms with van der Waals surface area (Å²) in [5.41, 5.74) is 5.15. The highest BCUT2D eigenvalue weighted by atomic mass is 19.1. The third-order valence-corrected chi connectivity index (χ3v) is 2.59. The fourth-order valence-electron chi connectivity index (χ4n) is 1.68. The van der Waals surface area contributed by atoms with Crippen LogP contribution in [0.3, 0.4) is 0 Å². The predicted molar refractivity (Wildman–Crippen MR) is 70.0 cm³/mol. The van der Waals surface area contributed by atoms with Gasteiger partial charge in [-0.25, -0.2) is 8.78 Å². The Morgan fingerprint density at radius 2 is 2.05 bits per heavy atom. The smallest absolute Gasteiger partial charge is 0.198 e. The molecule has 1 aromatic heterocycles. The first-order chi connectivity index (χ1) is 9.51. The van der Waals surface area contributed by atoms with Crippen molar-refractivity contribution in [3.05, 3.63) is 41.7 Å². The van der Waals surface area contributed by atoms with Gasteiger partial charge in [-0.1, -0.05) is 6.92 Å². The van der Waals surface area contributed by atoms with Crippen LogP contribution in [0.25, 0.3) is 0 Å². The summed E-state index contributed by atoms with van der Waals surface area (Å²) in [5.74, 6) is -2.54. The van der Waals surface area contributed by atoms with Crippen LogP contribution in [-0.4, -0.2) is 15.6 Å². The highest BCUT2D eigenvalue weighted by Crippen LogP contribution is 2.28. The van der Waals surface area contributed by atoms with Gasteiger partial charge in [0, 0.05) is 12.1 Å². The standard InChI is InChI=1S/C13H14F2N4O/c1-2-3-19-7-9(6-18-19)20-12-10(14)4-8(13(16)17)5-11(12)15/h4-7H,2-3H2,1H3,(H3,16,17). The maximum atomic E-state index is 13.8. The maximum absolute atomic E-state index is 13.8. The molecule has 0 amide bonds. The zero-order chi connectivity index (χ0) is 14.7. The Balaban J connectivity index is 2.26. The van der Waals surface area contributed by atoms with Crippen molar-refractivity contribution in [1.82, 2.24) is 9.78 Å². The average Bonchev–Trinajstić information content (AvgIpc) is 2.81. The minimum absolute atomic E-state index is 0.0333. The number of nitrogens with one attached hydrogen (secondary N) is 1. The van der Waals surface area contributed by atoms with Crippen LogP contribution < -0.4 is 10.5 Å². The first kappa shape index (κ1) is 14.0. The molecule has 0 bridgehead atoms. The van der Waals surface area contributed by atoms with E-state index in [4.69, 9.17) is 15.9 Å². The number of nitrogen functional groups attached to an aromatic ring is 1. The first-order valence-corrected chi connectivity index (χ1v) is 6.05. The van der Waals surface area contributed by atoms with Crippen molar-refractivity contribution >= 4 is 5.84 Å². The molecule has 0 atom stereocenters. The largest absolute Gasteiger partial charge is 0.448 e. The van der Waals surface area contributed by atoms with Gasteiger partial charge in [0.1, 0.15) is 5.84 Å². The summed E-state index contributed by atoms with van der Waals surface area (Å²) in [4.78, 5) is 0. The van der Waals surface area contributed by atoms with E-state index in [-0.39, 0.29) is 11.3 Å². The van der Waals surface area contributed by atoms with Crippen molar-refractivity contribution in [2.75, 3.05) is 0 Å². The van der Waals surface area contributed by atoms with Gasteiger partial charge in [-0.05, 0) is 18.6 Å². The summed E-state index contributed by atoms with van der Waals surface area (Å²) in [7, 11) is 0. The van der Waals surface area contributed by atoms with E-state index in [1.165, 1.54) is 6.20 Å². The lowest BCUT2D eigenvalue weighted by Crippen LogP contribution is -2.12. The van der Waals surface area contributed by atoms with Crippen LogP contribution in [0.4, 0.5) is 8.78 Å². The molecule has 2 rings (SSSR count). The van der Waals surface area contributed by atoms with E-state index in [2.05, 4.69) is 5.10 Å². The third kappa shape index (κ3) is 2.93. The molecular formula is C13H14F2N4O. The van der Waals surface area contributed by atoms with Gasteiger partial charge < -0.3 is 10.5 Å². The minimum atomic E-state index is -0.918. The van der Waals surface area contributed by atoms with Gasteiger partial charge in [-0.15, -0.1) is 0 Å². The second-order valence-electron chi connectivity index (χ2n) is 4.22. The zero-order valence-corrected chi connectivity index (χ0v) is 10.9. The lowest BCUT2D eigenvalue weighted by atomic mass is 10.2. The van der Waals surface area contributed by atoms with Crippen LogP contribution in [0.15, 0.2) is 24.5 Å². The molecular weight excluding hydrogens is 266 g/mol. The number of benzene rings is 1. The van der Waals surface area contributed by atoms with E-state index in [0.717, 1.165) is 18.6 Å². The molecule has 106 valence electrons. The summed E-state index contributed by atoms with van der Waals surface area (Å²) < 4.78 is 34.3. The summed E-state index contributed by atoms with van der Waals surface area (Å²) in [5, 5.41) is 11.2. The van der Waals surface area contributed by atoms with E-state index >= 15 is 0 Å². The molecule has 0 spiro atoms. The molecule has 20 heavy (non-hydrogen) atoms. The molecule has 5 nitrogen and oxygen atoms in total. The van der Waals surface area contributed by atoms with Crippen molar-refractivity contribution in [2.24, 2.45) is 5.73 Å². The molecule has 1 aromatic carbocycles. The second-order valence-corrected chi connectivity index (χ2v) is 4.22. The molecule has 0 radical (unpaired) electrons. The fraction of sp³-hybridized carbons (Fsp3) is 0.231. The predicted octanol–water partition coefficient (Wildman–Crippen LogP) is 2.65. The van der Waals surface area contributed by atoms with E-state index in [1.807, 2.05) is 6.92 Å². The first-order valence-electron chi connectivity index (χ1n) is 6.05. The van der Waals surface area contributed by atoms with Crippen molar-refractivity contribution in [1.29, 1.82) is 5.41 Å². The second kappa shape index (κ2) is 5.68. The molecule has 0 fully saturated rings. The number of nitrogens with zero attached hydrogens (tertiary/aromatic N) is 2. The van der Waals surface area contributed by atoms with Gasteiger partial charge in [0.25, 0.3) is 0 Å². The molecule has 0 unspecified atom stereocenters. The number of rotatable bonds is 5. The van der Waals surface area contributed by atoms with Crippen molar-refractivity contribution in [2.45, 2.75) is 19.9 Å². The maximum Gasteiger partial charge on any atom is 0.198 e. The van der Waals surface area contributed by atoms with Crippen LogP contribution >= 0.6 is 0 Å². The van der Waals surface area contributed by atoms with E-state index < -0.39 is 23.2 Å². The van der Waals surface area contributed by atoms with Gasteiger partial charge in [0.15, 0.2) is 23.1 Å². The van der Waals surface area contributed by atoms with Crippen molar-refractivity contribution < 1.29 is 13.5 Å². The Bertz CT molecular complexity index is 616. The number of amidine groups is 1. The highest BCUT2D eigenvalue weighted by Gasteiger charge is 2.15. The Kier molecular flexibility index (Phi) is 3.97. The third-order valence-electron chi connectivity index (χ3n) is 2.59. The molecule has 0 saturated carbocycles. The van der Waals surface area contributed by atoms with Crippen LogP contribution in [0, 0.1) is 17.0 Å². The van der Waals surface area contributed by atoms with Crippen molar-refractivity contribution in [3.63, 3.8) is 0 Å². The number of aromatic nitrogens is 2. The number of hydrogen-bond acceptors (Lipinski definition) is 3. The summed E-state index contributed by atoms with van der Waals surface area (Å²) >= 11 is 0. The lowest BCUT2D eigenvalue weighted by Gasteiger charge is -2.07. The molecule has 3 N–H and O–H groups in total. The molecule has 0 aliphatic rings. The Morgan fingerprint density at radius 3 is 2.60 bits per heavy atom. The molecule has 7 heteroatoms. The molecule has 2 aromatic rings. The van der Waals surface area contributed by atoms with Gasteiger partial charge in [-0.3, -0.25) is 10.1 Å². The molecule has 1 heterocycles. The number of halogens is 2. The molecule has 0 aliphatic heterocycles. The van der Waals surface area contributed by atoms with E-state index in [1.54, 1.807) is 10.9 Å². The normalized spacial score (nSPS) is 10.6. The Morgan fingerprint density at radius 1 is 1.40 bits per heavy atom. The van der Waals surface area contributed by atoms with E-state index in [0.29, 0.717) is 6.54 Å². The SMILES string of the molecule is CCCn1cc(Oc2c(F)cc(C(=N)N)cc2F)cn1. The summed E-state index contributed by atoms with van der Waals surface area (Å²) in [6.45, 7) is 2.68. The Labute approximate surface area is 114 Å². The number of nitrogens with two attached hydrogens (primary N) is 1. The monoisotopic (exact) mass is 280 g/mol. The summed E-state index contributed by atoms with van der Waals surface area (Å²) in [6.07, 6.45) is 3.83. The van der Waals surface area contributed by atoms with Crippen LogP contribution in [0.1, 0.15) is 18.9 Å². The van der Waals surface area contributed by atoms with E-state index in [9.17, 15) is 8.78 Å². The molecule has 0 saturated heterocycles. The highest BCUT2D eigenvalue weighted by molar-refractivity contribution is 5.95. The van der Waals surface area contributed by atoms with Gasteiger partial charge in [-0.2, -0.15) is 5.10 Å². The average molecular weight is 280 g/mol. The number of hydrogen-bond donors (Lipinski definition) is 2. The quantitative estimate of drug-likeness (QED) is 0.653. The number of ether oxygens (including phenoxy) is 1. The van der Waals surface area contributed by atoms with Crippen LogP contribution in [-0.2, 0) is 6.54 Å². The summed E-state index contributed by atoms with van der Waals surface area (Å²) in [6, 6.07) is 1.91. The zero-order valence-electron chi connectivity index (χ0n) is 10.9. The molecule has 0 aliphatic carbocycles. The van der Waals surface area contributed by atoms with Crippen molar-refractivity contribution in [3.8, 4) is 11.5 Å². The van der Waals surface area contributed by atoms with Gasteiger partial charge in [0.05, 0.1) is 12.4 Å². The van der Waals surface area contributed by atoms with Gasteiger partial charge in [0.2, 0.25) is 0 Å². The van der Waals surface area contributed by atoms with Crippen LogP contribution in [0.5, 0.6) is 11.5 Å². The topological polar surface area (TPSA) is 76.9 Å². The van der Waals surface area contributed by atoms with Crippen LogP contribution in [0.2, 0.25) is 0 Å². The minimum Gasteiger partial charge on any atom is -0.448 e.